The van der Waals surface area contributed by atoms with Crippen molar-refractivity contribution in [2.75, 3.05) is 26.2 Å². The summed E-state index contributed by atoms with van der Waals surface area (Å²) in [6.45, 7) is 14.7. The number of hydrogen-bond donors (Lipinski definition) is 1. The van der Waals surface area contributed by atoms with Crippen LogP contribution in [0.2, 0.25) is 0 Å². The van der Waals surface area contributed by atoms with Crippen LogP contribution in [0.25, 0.3) is 0 Å². The van der Waals surface area contributed by atoms with Gasteiger partial charge in [-0.25, -0.2) is 0 Å². The van der Waals surface area contributed by atoms with Gasteiger partial charge in [-0.2, -0.15) is 0 Å². The molecule has 0 aromatic carbocycles. The van der Waals surface area contributed by atoms with Gasteiger partial charge in [0.25, 0.3) is 0 Å². The van der Waals surface area contributed by atoms with Gasteiger partial charge in [0.2, 0.25) is 0 Å². The van der Waals surface area contributed by atoms with E-state index in [0.29, 0.717) is 6.47 Å². The lowest BCUT2D eigenvalue weighted by molar-refractivity contribution is -0.921. The van der Waals surface area contributed by atoms with Crippen molar-refractivity contribution < 1.29 is 14.4 Å². The molecule has 0 amide bonds. The van der Waals surface area contributed by atoms with Crippen molar-refractivity contribution in [1.82, 2.24) is 0 Å². The Hall–Kier alpha value is -0.570. The van der Waals surface area contributed by atoms with Crippen molar-refractivity contribution in [2.24, 2.45) is 0 Å². The summed E-state index contributed by atoms with van der Waals surface area (Å²) in [4.78, 5) is 8.24. The van der Waals surface area contributed by atoms with Gasteiger partial charge in [-0.3, -0.25) is 0 Å². The first kappa shape index (κ1) is 14.0. The molecule has 0 saturated heterocycles. The minimum absolute atomic E-state index is 0.500. The van der Waals surface area contributed by atoms with E-state index in [4.69, 9.17) is 9.90 Å². The summed E-state index contributed by atoms with van der Waals surface area (Å²) in [5, 5.41) is 6.76. The molecule has 3 heteroatoms. The third-order valence-corrected chi connectivity index (χ3v) is 2.68. The second kappa shape index (κ2) is 8.53. The van der Waals surface area contributed by atoms with Gasteiger partial charge in [0.15, 0.2) is 0 Å². The van der Waals surface area contributed by atoms with Gasteiger partial charge in [-0.05, 0) is 27.7 Å². The van der Waals surface area contributed by atoms with Gasteiger partial charge >= 0.3 is 0 Å². The average molecular weight is 175 g/mol. The van der Waals surface area contributed by atoms with Crippen LogP contribution in [0.3, 0.4) is 0 Å². The van der Waals surface area contributed by atoms with Crippen molar-refractivity contribution >= 4 is 6.47 Å². The zero-order valence-corrected chi connectivity index (χ0v) is 8.63. The minimum atomic E-state index is 0.500. The van der Waals surface area contributed by atoms with Crippen molar-refractivity contribution in [3.63, 3.8) is 0 Å². The number of rotatable bonds is 4. The van der Waals surface area contributed by atoms with E-state index in [1.165, 1.54) is 30.7 Å². The van der Waals surface area contributed by atoms with E-state index < -0.39 is 0 Å². The van der Waals surface area contributed by atoms with Crippen molar-refractivity contribution in [3.05, 3.63) is 0 Å². The molecule has 0 aromatic rings. The Morgan fingerprint density at radius 2 is 1.17 bits per heavy atom. The Balaban J connectivity index is 0. The molecule has 74 valence electrons. The molecule has 0 aliphatic heterocycles. The van der Waals surface area contributed by atoms with Crippen LogP contribution in [-0.4, -0.2) is 42.2 Å². The zero-order valence-electron chi connectivity index (χ0n) is 8.63. The smallest absolute Gasteiger partial charge is 0.0757 e. The summed E-state index contributed by atoms with van der Waals surface area (Å²) in [5.74, 6) is 0. The molecule has 0 aliphatic carbocycles. The quantitative estimate of drug-likeness (QED) is 0.519. The lowest BCUT2D eigenvalue weighted by Gasteiger charge is -2.34. The lowest BCUT2D eigenvalue weighted by atomic mass is 10.3. The maximum absolute atomic E-state index is 8.24. The van der Waals surface area contributed by atoms with E-state index in [2.05, 4.69) is 27.7 Å². The number of hydrogen-bond acceptors (Lipinski definition) is 1. The molecule has 1 N–H and O–H groups in total. The van der Waals surface area contributed by atoms with Gasteiger partial charge in [0, 0.05) is 0 Å². The SMILES string of the molecule is CC[N+](CC)(CC)CC.O=[C-]O. The predicted octanol–water partition coefficient (Wildman–Crippen LogP) is 1.49. The molecule has 0 heterocycles. The van der Waals surface area contributed by atoms with Gasteiger partial charge < -0.3 is 14.4 Å². The number of aliphatic hydroxyl groups excluding tert-OH is 1. The fourth-order valence-corrected chi connectivity index (χ4v) is 1.34. The summed E-state index contributed by atoms with van der Waals surface area (Å²) >= 11 is 0. The average Bonchev–Trinajstić information content (AvgIpc) is 2.11. The van der Waals surface area contributed by atoms with Crippen LogP contribution in [0.5, 0.6) is 0 Å². The normalized spacial score (nSPS) is 10.0. The van der Waals surface area contributed by atoms with Crippen molar-refractivity contribution in [2.45, 2.75) is 27.7 Å². The van der Waals surface area contributed by atoms with Crippen LogP contribution in [0.4, 0.5) is 0 Å². The Labute approximate surface area is 75.6 Å². The highest BCUT2D eigenvalue weighted by Crippen LogP contribution is 2.03. The summed E-state index contributed by atoms with van der Waals surface area (Å²) in [6, 6.07) is 0. The van der Waals surface area contributed by atoms with E-state index >= 15 is 0 Å². The largest absolute Gasteiger partial charge is 0.665 e. The first-order chi connectivity index (χ1) is 5.66. The topological polar surface area (TPSA) is 37.3 Å². The molecule has 0 aromatic heterocycles. The molecular formula is C9H21NO2. The fraction of sp³-hybridized carbons (Fsp3) is 0.889. The molecule has 0 unspecified atom stereocenters. The maximum atomic E-state index is 8.24. The lowest BCUT2D eigenvalue weighted by Crippen LogP contribution is -2.47. The Morgan fingerprint density at radius 3 is 1.17 bits per heavy atom. The van der Waals surface area contributed by atoms with E-state index in [0.717, 1.165) is 0 Å². The van der Waals surface area contributed by atoms with Gasteiger partial charge in [-0.1, -0.05) is 6.47 Å². The summed E-state index contributed by atoms with van der Waals surface area (Å²) in [6.07, 6.45) is 0. The first-order valence-electron chi connectivity index (χ1n) is 4.52. The van der Waals surface area contributed by atoms with E-state index in [9.17, 15) is 0 Å². The molecule has 0 spiro atoms. The molecule has 0 bridgehead atoms. The molecule has 0 atom stereocenters. The maximum Gasteiger partial charge on any atom is 0.0757 e. The zero-order chi connectivity index (χ0) is 10.0. The molecular weight excluding hydrogens is 154 g/mol. The minimum Gasteiger partial charge on any atom is -0.665 e. The third kappa shape index (κ3) is 5.13. The van der Waals surface area contributed by atoms with Crippen molar-refractivity contribution in [3.8, 4) is 0 Å². The van der Waals surface area contributed by atoms with E-state index in [1.807, 2.05) is 0 Å². The highest BCUT2D eigenvalue weighted by molar-refractivity contribution is 5.34. The molecule has 0 saturated carbocycles. The monoisotopic (exact) mass is 175 g/mol. The second-order valence-corrected chi connectivity index (χ2v) is 2.70. The van der Waals surface area contributed by atoms with Gasteiger partial charge in [0.05, 0.1) is 26.2 Å². The molecule has 0 radical (unpaired) electrons. The third-order valence-electron chi connectivity index (χ3n) is 2.68. The van der Waals surface area contributed by atoms with Crippen LogP contribution < -0.4 is 0 Å². The fourth-order valence-electron chi connectivity index (χ4n) is 1.34. The Morgan fingerprint density at radius 1 is 1.00 bits per heavy atom. The van der Waals surface area contributed by atoms with Crippen LogP contribution in [0.15, 0.2) is 0 Å². The van der Waals surface area contributed by atoms with Gasteiger partial charge in [-0.15, -0.1) is 0 Å². The number of nitrogens with zero attached hydrogens (tertiary/aromatic N) is 1. The summed E-state index contributed by atoms with van der Waals surface area (Å²) < 4.78 is 1.28. The summed E-state index contributed by atoms with van der Waals surface area (Å²) in [5.41, 5.74) is 0. The molecule has 12 heavy (non-hydrogen) atoms. The highest BCUT2D eigenvalue weighted by Gasteiger charge is 2.16. The first-order valence-corrected chi connectivity index (χ1v) is 4.52. The van der Waals surface area contributed by atoms with Crippen molar-refractivity contribution in [1.29, 1.82) is 0 Å². The van der Waals surface area contributed by atoms with Crippen LogP contribution in [0, 0.1) is 0 Å². The highest BCUT2D eigenvalue weighted by atomic mass is 16.3. The molecule has 0 rings (SSSR count). The van der Waals surface area contributed by atoms with Gasteiger partial charge in [0.1, 0.15) is 0 Å². The standard InChI is InChI=1S/C8H20N.CHO2/c1-5-9(6-2,7-3)8-4;2-1-3/h5-8H2,1-4H3;(H,2,3)/q+1;-1. The molecule has 0 fully saturated rings. The van der Waals surface area contributed by atoms with E-state index in [-0.39, 0.29) is 0 Å². The summed E-state index contributed by atoms with van der Waals surface area (Å²) in [7, 11) is 0. The molecule has 3 nitrogen and oxygen atoms in total. The Bertz CT molecular complexity index is 83.2. The second-order valence-electron chi connectivity index (χ2n) is 2.70. The van der Waals surface area contributed by atoms with E-state index in [1.54, 1.807) is 0 Å². The number of quaternary nitrogens is 1. The Kier molecular flexibility index (Phi) is 9.93. The van der Waals surface area contributed by atoms with Crippen LogP contribution >= 0.6 is 0 Å². The molecule has 0 aliphatic rings. The predicted molar refractivity (Wildman–Crippen MR) is 50.7 cm³/mol. The van der Waals surface area contributed by atoms with Crippen LogP contribution in [-0.2, 0) is 4.79 Å². The van der Waals surface area contributed by atoms with Crippen LogP contribution in [0.1, 0.15) is 27.7 Å².